The number of hydrogen-bond acceptors (Lipinski definition) is 2. The lowest BCUT2D eigenvalue weighted by Crippen LogP contribution is -2.34. The van der Waals surface area contributed by atoms with Crippen molar-refractivity contribution in [2.45, 2.75) is 37.9 Å². The van der Waals surface area contributed by atoms with Crippen LogP contribution in [0.1, 0.15) is 51.0 Å². The Bertz CT molecular complexity index is 1320. The van der Waals surface area contributed by atoms with E-state index in [2.05, 4.69) is 22.5 Å². The summed E-state index contributed by atoms with van der Waals surface area (Å²) < 4.78 is 40.3. The predicted octanol–water partition coefficient (Wildman–Crippen LogP) is 5.67. The number of nitrogens with zero attached hydrogens (tertiary/aromatic N) is 2. The lowest BCUT2D eigenvalue weighted by atomic mass is 10.0. The van der Waals surface area contributed by atoms with Crippen LogP contribution in [0, 0.1) is 6.92 Å². The van der Waals surface area contributed by atoms with E-state index in [0.29, 0.717) is 17.5 Å². The van der Waals surface area contributed by atoms with Gasteiger partial charge in [-0.3, -0.25) is 4.79 Å². The number of pyridine rings is 1. The molecule has 1 saturated carbocycles. The Hall–Kier alpha value is -3.61. The molecule has 0 unspecified atom stereocenters. The molecule has 168 valence electrons. The maximum atomic E-state index is 13.3. The van der Waals surface area contributed by atoms with Crippen LogP contribution in [-0.2, 0) is 18.1 Å². The highest BCUT2D eigenvalue weighted by Crippen LogP contribution is 2.45. The topological polar surface area (TPSA) is 46.4 Å². The molecule has 5 rings (SSSR count). The molecular formula is C26H22F3N3O. The third kappa shape index (κ3) is 4.11. The van der Waals surface area contributed by atoms with Crippen LogP contribution in [-0.4, -0.2) is 15.5 Å². The van der Waals surface area contributed by atoms with E-state index in [1.54, 1.807) is 16.9 Å². The lowest BCUT2D eigenvalue weighted by Gasteiger charge is -2.18. The van der Waals surface area contributed by atoms with Gasteiger partial charge in [0, 0.05) is 6.20 Å². The second kappa shape index (κ2) is 7.76. The minimum absolute atomic E-state index is 0.206. The number of nitrogens with one attached hydrogen (secondary N) is 1. The molecule has 0 aliphatic heterocycles. The minimum Gasteiger partial charge on any atom is -0.342 e. The van der Waals surface area contributed by atoms with Crippen molar-refractivity contribution in [1.29, 1.82) is 0 Å². The molecule has 4 aromatic rings. The quantitative estimate of drug-likeness (QED) is 0.427. The Kier molecular flexibility index (Phi) is 5.00. The van der Waals surface area contributed by atoms with Crippen molar-refractivity contribution < 1.29 is 18.0 Å². The first kappa shape index (κ1) is 21.2. The van der Waals surface area contributed by atoms with Crippen LogP contribution in [0.2, 0.25) is 0 Å². The molecule has 2 aromatic carbocycles. The summed E-state index contributed by atoms with van der Waals surface area (Å²) in [5.74, 6) is -0.206. The number of aryl methyl sites for hydroxylation is 1. The first-order valence-corrected chi connectivity index (χ1v) is 10.8. The molecule has 4 nitrogen and oxygen atoms in total. The number of rotatable bonds is 5. The zero-order valence-electron chi connectivity index (χ0n) is 18.0. The van der Waals surface area contributed by atoms with Crippen LogP contribution in [0.15, 0.2) is 73.1 Å². The SMILES string of the molecule is Cc1ccc(C2(NC(=O)c3cnn4cccc(Cc5ccc(C(F)(F)F)cc5)c34)CC2)cc1. The number of alkyl halides is 3. The number of carbonyl (C=O) groups excluding carboxylic acids is 1. The molecule has 1 amide bonds. The van der Waals surface area contributed by atoms with Gasteiger partial charge in [0.25, 0.3) is 5.91 Å². The van der Waals surface area contributed by atoms with Crippen LogP contribution in [0.25, 0.3) is 5.52 Å². The normalized spacial score (nSPS) is 14.9. The van der Waals surface area contributed by atoms with Gasteiger partial charge >= 0.3 is 6.18 Å². The van der Waals surface area contributed by atoms with E-state index < -0.39 is 11.7 Å². The molecule has 0 radical (unpaired) electrons. The monoisotopic (exact) mass is 449 g/mol. The Morgan fingerprint density at radius 1 is 1.06 bits per heavy atom. The molecule has 0 bridgehead atoms. The first-order valence-electron chi connectivity index (χ1n) is 10.8. The fourth-order valence-corrected chi connectivity index (χ4v) is 4.22. The third-order valence-electron chi connectivity index (χ3n) is 6.25. The second-order valence-corrected chi connectivity index (χ2v) is 8.66. The van der Waals surface area contributed by atoms with Gasteiger partial charge in [-0.2, -0.15) is 18.3 Å². The summed E-state index contributed by atoms with van der Waals surface area (Å²) in [7, 11) is 0. The van der Waals surface area contributed by atoms with Gasteiger partial charge in [-0.25, -0.2) is 4.52 Å². The van der Waals surface area contributed by atoms with Gasteiger partial charge in [0.1, 0.15) is 0 Å². The van der Waals surface area contributed by atoms with Crippen molar-refractivity contribution >= 4 is 11.4 Å². The van der Waals surface area contributed by atoms with Crippen molar-refractivity contribution in [2.75, 3.05) is 0 Å². The number of hydrogen-bond donors (Lipinski definition) is 1. The van der Waals surface area contributed by atoms with Crippen LogP contribution in [0.5, 0.6) is 0 Å². The van der Waals surface area contributed by atoms with Gasteiger partial charge in [-0.1, -0.05) is 48.0 Å². The minimum atomic E-state index is -4.37. The molecule has 2 heterocycles. The number of benzene rings is 2. The number of fused-ring (bicyclic) bond motifs is 1. The highest BCUT2D eigenvalue weighted by Gasteiger charge is 2.46. The number of aromatic nitrogens is 2. The fraction of sp³-hybridized carbons (Fsp3) is 0.231. The Morgan fingerprint density at radius 3 is 2.39 bits per heavy atom. The van der Waals surface area contributed by atoms with Gasteiger partial charge in [-0.15, -0.1) is 0 Å². The molecule has 2 aromatic heterocycles. The maximum Gasteiger partial charge on any atom is 0.416 e. The molecule has 7 heteroatoms. The molecule has 0 atom stereocenters. The largest absolute Gasteiger partial charge is 0.416 e. The van der Waals surface area contributed by atoms with Crippen molar-refractivity contribution in [3.63, 3.8) is 0 Å². The first-order chi connectivity index (χ1) is 15.7. The summed E-state index contributed by atoms with van der Waals surface area (Å²) in [6.45, 7) is 2.03. The smallest absolute Gasteiger partial charge is 0.342 e. The standard InChI is InChI=1S/C26H22F3N3O/c1-17-4-8-20(9-5-17)25(12-13-25)31-24(33)22-16-30-32-14-2-3-19(23(22)32)15-18-6-10-21(11-7-18)26(27,28)29/h2-11,14,16H,12-13,15H2,1H3,(H,31,33). The van der Waals surface area contributed by atoms with Crippen LogP contribution >= 0.6 is 0 Å². The van der Waals surface area contributed by atoms with Crippen LogP contribution in [0.4, 0.5) is 13.2 Å². The van der Waals surface area contributed by atoms with Gasteiger partial charge in [0.2, 0.25) is 0 Å². The van der Waals surface area contributed by atoms with E-state index in [4.69, 9.17) is 0 Å². The van der Waals surface area contributed by atoms with Crippen LogP contribution in [0.3, 0.4) is 0 Å². The second-order valence-electron chi connectivity index (χ2n) is 8.66. The maximum absolute atomic E-state index is 13.3. The Labute approximate surface area is 189 Å². The van der Waals surface area contributed by atoms with Gasteiger partial charge in [0.15, 0.2) is 0 Å². The molecule has 1 aliphatic rings. The zero-order chi connectivity index (χ0) is 23.2. The van der Waals surface area contributed by atoms with E-state index in [1.807, 2.05) is 31.2 Å². The summed E-state index contributed by atoms with van der Waals surface area (Å²) >= 11 is 0. The van der Waals surface area contributed by atoms with Crippen molar-refractivity contribution in [3.05, 3.63) is 106 Å². The highest BCUT2D eigenvalue weighted by atomic mass is 19.4. The lowest BCUT2D eigenvalue weighted by molar-refractivity contribution is -0.137. The van der Waals surface area contributed by atoms with Gasteiger partial charge < -0.3 is 5.32 Å². The molecule has 1 fully saturated rings. The summed E-state index contributed by atoms with van der Waals surface area (Å²) in [5, 5.41) is 7.53. The molecule has 1 N–H and O–H groups in total. The molecule has 33 heavy (non-hydrogen) atoms. The summed E-state index contributed by atoms with van der Waals surface area (Å²) in [6.07, 6.45) is 1.07. The van der Waals surface area contributed by atoms with Crippen LogP contribution < -0.4 is 5.32 Å². The van der Waals surface area contributed by atoms with E-state index in [9.17, 15) is 18.0 Å². The van der Waals surface area contributed by atoms with Crippen molar-refractivity contribution in [2.24, 2.45) is 0 Å². The summed E-state index contributed by atoms with van der Waals surface area (Å²) in [4.78, 5) is 13.3. The van der Waals surface area contributed by atoms with Crippen molar-refractivity contribution in [3.8, 4) is 0 Å². The Balaban J connectivity index is 1.43. The number of halogens is 3. The van der Waals surface area contributed by atoms with E-state index in [1.165, 1.54) is 12.1 Å². The number of amides is 1. The third-order valence-corrected chi connectivity index (χ3v) is 6.25. The molecule has 0 spiro atoms. The Morgan fingerprint density at radius 2 is 1.76 bits per heavy atom. The summed E-state index contributed by atoms with van der Waals surface area (Å²) in [5.41, 5.74) is 3.87. The molecule has 0 saturated heterocycles. The molecular weight excluding hydrogens is 427 g/mol. The highest BCUT2D eigenvalue weighted by molar-refractivity contribution is 6.02. The van der Waals surface area contributed by atoms with Crippen molar-refractivity contribution in [1.82, 2.24) is 14.9 Å². The van der Waals surface area contributed by atoms with E-state index in [-0.39, 0.29) is 11.4 Å². The van der Waals surface area contributed by atoms with Gasteiger partial charge in [-0.05, 0) is 61.1 Å². The number of carbonyl (C=O) groups is 1. The fourth-order valence-electron chi connectivity index (χ4n) is 4.22. The van der Waals surface area contributed by atoms with E-state index in [0.717, 1.165) is 47.2 Å². The average Bonchev–Trinajstić information content (AvgIpc) is 3.42. The summed E-state index contributed by atoms with van der Waals surface area (Å²) in [6, 6.07) is 17.0. The van der Waals surface area contributed by atoms with E-state index >= 15 is 0 Å². The average molecular weight is 449 g/mol. The van der Waals surface area contributed by atoms with Gasteiger partial charge in [0.05, 0.1) is 28.4 Å². The predicted molar refractivity (Wildman–Crippen MR) is 119 cm³/mol. The molecule has 1 aliphatic carbocycles. The zero-order valence-corrected chi connectivity index (χ0v) is 18.0.